The van der Waals surface area contributed by atoms with Gasteiger partial charge in [0, 0.05) is 18.8 Å². The second-order valence-electron chi connectivity index (χ2n) is 9.42. The summed E-state index contributed by atoms with van der Waals surface area (Å²) in [7, 11) is 0. The number of ether oxygens (including phenoxy) is 2. The van der Waals surface area contributed by atoms with Gasteiger partial charge in [0.05, 0.1) is 17.6 Å². The molecule has 1 aliphatic heterocycles. The highest BCUT2D eigenvalue weighted by Crippen LogP contribution is 2.48. The molecule has 1 saturated heterocycles. The van der Waals surface area contributed by atoms with E-state index < -0.39 is 23.8 Å². The number of rotatable bonds is 7. The summed E-state index contributed by atoms with van der Waals surface area (Å²) in [6.45, 7) is 0.267. The average molecular weight is 441 g/mol. The number of nitrogens with zero attached hydrogens (tertiary/aromatic N) is 1. The third kappa shape index (κ3) is 5.17. The van der Waals surface area contributed by atoms with E-state index in [0.29, 0.717) is 57.0 Å². The molecule has 3 fully saturated rings. The lowest BCUT2D eigenvalue weighted by atomic mass is 9.68. The van der Waals surface area contributed by atoms with Crippen molar-refractivity contribution in [1.29, 1.82) is 0 Å². The number of carbonyl (C=O) groups is 1. The van der Waals surface area contributed by atoms with Crippen molar-refractivity contribution in [1.82, 2.24) is 0 Å². The van der Waals surface area contributed by atoms with Gasteiger partial charge in [-0.05, 0) is 75.1 Å². The SMILES string of the molecule is O=C1N(c2ccc(OCC(F)(F)F)cc2)CC[C@]12CC[C@](O)(COCC1CCC1)CC2. The van der Waals surface area contributed by atoms with Gasteiger partial charge in [-0.25, -0.2) is 0 Å². The van der Waals surface area contributed by atoms with Crippen LogP contribution in [0.4, 0.5) is 18.9 Å². The van der Waals surface area contributed by atoms with Gasteiger partial charge in [-0.15, -0.1) is 0 Å². The lowest BCUT2D eigenvalue weighted by Crippen LogP contribution is -2.46. The van der Waals surface area contributed by atoms with E-state index in [1.807, 2.05) is 0 Å². The van der Waals surface area contributed by atoms with Crippen LogP contribution in [0, 0.1) is 11.3 Å². The van der Waals surface area contributed by atoms with Gasteiger partial charge in [0.1, 0.15) is 5.75 Å². The first-order valence-electron chi connectivity index (χ1n) is 11.1. The molecule has 4 rings (SSSR count). The zero-order valence-corrected chi connectivity index (χ0v) is 17.6. The van der Waals surface area contributed by atoms with Crippen molar-refractivity contribution in [2.75, 3.05) is 31.3 Å². The molecule has 5 nitrogen and oxygen atoms in total. The Labute approximate surface area is 180 Å². The second kappa shape index (κ2) is 8.62. The number of alkyl halides is 3. The van der Waals surface area contributed by atoms with Gasteiger partial charge in [0.2, 0.25) is 5.91 Å². The summed E-state index contributed by atoms with van der Waals surface area (Å²) in [5, 5.41) is 10.9. The quantitative estimate of drug-likeness (QED) is 0.678. The molecule has 1 amide bonds. The van der Waals surface area contributed by atoms with Crippen molar-refractivity contribution < 1.29 is 32.5 Å². The van der Waals surface area contributed by atoms with E-state index in [2.05, 4.69) is 0 Å². The number of hydrogen-bond acceptors (Lipinski definition) is 4. The molecular weight excluding hydrogens is 411 g/mol. The van der Waals surface area contributed by atoms with Crippen LogP contribution in [0.25, 0.3) is 0 Å². The monoisotopic (exact) mass is 441 g/mol. The molecule has 0 bridgehead atoms. The Morgan fingerprint density at radius 3 is 2.32 bits per heavy atom. The molecule has 31 heavy (non-hydrogen) atoms. The minimum Gasteiger partial charge on any atom is -0.484 e. The van der Waals surface area contributed by atoms with E-state index in [0.717, 1.165) is 6.42 Å². The topological polar surface area (TPSA) is 59.0 Å². The molecular formula is C23H30F3NO4. The molecule has 3 aliphatic rings. The Hall–Kier alpha value is -1.80. The molecule has 0 radical (unpaired) electrons. The molecule has 2 saturated carbocycles. The van der Waals surface area contributed by atoms with Crippen LogP contribution in [0.1, 0.15) is 51.4 Å². The molecule has 1 N–H and O–H groups in total. The molecule has 0 unspecified atom stereocenters. The fourth-order valence-corrected chi connectivity index (χ4v) is 4.83. The second-order valence-corrected chi connectivity index (χ2v) is 9.42. The van der Waals surface area contributed by atoms with Gasteiger partial charge in [-0.1, -0.05) is 6.42 Å². The van der Waals surface area contributed by atoms with Crippen LogP contribution in [-0.4, -0.2) is 49.2 Å². The van der Waals surface area contributed by atoms with Crippen LogP contribution in [0.2, 0.25) is 0 Å². The molecule has 1 spiro atoms. The van der Waals surface area contributed by atoms with Crippen molar-refractivity contribution in [3.8, 4) is 5.75 Å². The molecule has 172 valence electrons. The first-order chi connectivity index (χ1) is 14.7. The first kappa shape index (κ1) is 22.4. The summed E-state index contributed by atoms with van der Waals surface area (Å²) in [5.41, 5.74) is -0.669. The highest BCUT2D eigenvalue weighted by atomic mass is 19.4. The number of aliphatic hydroxyl groups is 1. The molecule has 1 aromatic carbocycles. The summed E-state index contributed by atoms with van der Waals surface area (Å²) in [6, 6.07) is 6.16. The third-order valence-electron chi connectivity index (χ3n) is 7.15. The fourth-order valence-electron chi connectivity index (χ4n) is 4.83. The van der Waals surface area contributed by atoms with E-state index in [4.69, 9.17) is 9.47 Å². The zero-order chi connectivity index (χ0) is 22.1. The van der Waals surface area contributed by atoms with Gasteiger partial charge in [0.25, 0.3) is 0 Å². The Kier molecular flexibility index (Phi) is 6.23. The molecule has 0 atom stereocenters. The summed E-state index contributed by atoms with van der Waals surface area (Å²) >= 11 is 0. The molecule has 1 aromatic rings. The number of carbonyl (C=O) groups excluding carboxylic acids is 1. The van der Waals surface area contributed by atoms with E-state index >= 15 is 0 Å². The Bertz CT molecular complexity index is 768. The summed E-state index contributed by atoms with van der Waals surface area (Å²) in [5.74, 6) is 0.787. The Morgan fingerprint density at radius 2 is 1.74 bits per heavy atom. The predicted octanol–water partition coefficient (Wildman–Crippen LogP) is 4.47. The highest BCUT2D eigenvalue weighted by molar-refractivity contribution is 6.00. The van der Waals surface area contributed by atoms with Crippen LogP contribution in [0.3, 0.4) is 0 Å². The lowest BCUT2D eigenvalue weighted by molar-refractivity contribution is -0.153. The van der Waals surface area contributed by atoms with E-state index in [-0.39, 0.29) is 11.7 Å². The number of anilines is 1. The zero-order valence-electron chi connectivity index (χ0n) is 17.6. The molecule has 2 aliphatic carbocycles. The standard InChI is InChI=1S/C23H30F3NO4/c24-23(25,26)16-31-19-6-4-18(5-7-19)27-13-12-21(20(27)28)8-10-22(29,11-9-21)15-30-14-17-2-1-3-17/h4-7,17,29H,1-3,8-16H2/t21-,22-. The van der Waals surface area contributed by atoms with E-state index in [1.54, 1.807) is 17.0 Å². The summed E-state index contributed by atoms with van der Waals surface area (Å²) in [6.07, 6.45) is 2.35. The van der Waals surface area contributed by atoms with Gasteiger partial charge >= 0.3 is 6.18 Å². The number of halogens is 3. The van der Waals surface area contributed by atoms with Crippen molar-refractivity contribution in [2.24, 2.45) is 11.3 Å². The minimum atomic E-state index is -4.39. The Balaban J connectivity index is 1.30. The lowest BCUT2D eigenvalue weighted by Gasteiger charge is -2.41. The van der Waals surface area contributed by atoms with Crippen molar-refractivity contribution in [3.63, 3.8) is 0 Å². The van der Waals surface area contributed by atoms with Crippen molar-refractivity contribution >= 4 is 11.6 Å². The maximum atomic E-state index is 13.2. The van der Waals surface area contributed by atoms with Crippen molar-refractivity contribution in [3.05, 3.63) is 24.3 Å². The fraction of sp³-hybridized carbons (Fsp3) is 0.696. The van der Waals surface area contributed by atoms with Crippen LogP contribution in [0.5, 0.6) is 5.75 Å². The smallest absolute Gasteiger partial charge is 0.422 e. The number of hydrogen-bond donors (Lipinski definition) is 1. The van der Waals surface area contributed by atoms with Crippen LogP contribution in [0.15, 0.2) is 24.3 Å². The van der Waals surface area contributed by atoms with Crippen LogP contribution in [-0.2, 0) is 9.53 Å². The van der Waals surface area contributed by atoms with Crippen LogP contribution < -0.4 is 9.64 Å². The van der Waals surface area contributed by atoms with Gasteiger partial charge < -0.3 is 19.5 Å². The molecule has 8 heteroatoms. The van der Waals surface area contributed by atoms with Gasteiger partial charge in [-0.2, -0.15) is 13.2 Å². The van der Waals surface area contributed by atoms with Gasteiger partial charge in [0.15, 0.2) is 6.61 Å². The Morgan fingerprint density at radius 1 is 1.06 bits per heavy atom. The average Bonchev–Trinajstić information content (AvgIpc) is 3.01. The van der Waals surface area contributed by atoms with Crippen molar-refractivity contribution in [2.45, 2.75) is 63.1 Å². The number of amides is 1. The van der Waals surface area contributed by atoms with Gasteiger partial charge in [-0.3, -0.25) is 4.79 Å². The third-order valence-corrected chi connectivity index (χ3v) is 7.15. The maximum Gasteiger partial charge on any atom is 0.422 e. The summed E-state index contributed by atoms with van der Waals surface area (Å²) < 4.78 is 47.4. The maximum absolute atomic E-state index is 13.2. The van der Waals surface area contributed by atoms with E-state index in [1.165, 1.54) is 31.4 Å². The van der Waals surface area contributed by atoms with Crippen LogP contribution >= 0.6 is 0 Å². The summed E-state index contributed by atoms with van der Waals surface area (Å²) in [4.78, 5) is 14.9. The first-order valence-corrected chi connectivity index (χ1v) is 11.1. The highest BCUT2D eigenvalue weighted by Gasteiger charge is 2.51. The normalized spacial score (nSPS) is 29.4. The molecule has 1 heterocycles. The minimum absolute atomic E-state index is 0.0360. The van der Waals surface area contributed by atoms with E-state index in [9.17, 15) is 23.1 Å². The largest absolute Gasteiger partial charge is 0.484 e. The molecule has 0 aromatic heterocycles. The number of benzene rings is 1. The predicted molar refractivity (Wildman–Crippen MR) is 109 cm³/mol.